The average Bonchev–Trinajstić information content (AvgIpc) is 2.64. The van der Waals surface area contributed by atoms with Gasteiger partial charge in [-0.05, 0) is 31.4 Å². The fraction of sp³-hybridized carbons (Fsp3) is 0.611. The highest BCUT2D eigenvalue weighted by atomic mass is 35.5. The molecule has 2 heterocycles. The van der Waals surface area contributed by atoms with Crippen molar-refractivity contribution in [2.75, 3.05) is 50.4 Å². The van der Waals surface area contributed by atoms with E-state index in [4.69, 9.17) is 16.3 Å². The van der Waals surface area contributed by atoms with Crippen molar-refractivity contribution in [3.8, 4) is 0 Å². The van der Waals surface area contributed by atoms with Gasteiger partial charge >= 0.3 is 0 Å². The number of piperazine rings is 1. The molecule has 7 nitrogen and oxygen atoms in total. The van der Waals surface area contributed by atoms with Crippen molar-refractivity contribution in [3.63, 3.8) is 0 Å². The van der Waals surface area contributed by atoms with Crippen LogP contribution >= 0.6 is 11.6 Å². The highest BCUT2D eigenvalue weighted by molar-refractivity contribution is 7.89. The first-order chi connectivity index (χ1) is 12.9. The number of amides is 1. The standard InChI is InChI=1S/C18H26ClN3O4S/c19-16-6-1-2-7-17(16)20-18(23)13-21-8-10-22(11-9-21)27(24,25)14-15-5-3-4-12-26-15/h1-2,6-7,15H,3-5,8-14H2,(H,20,23). The lowest BCUT2D eigenvalue weighted by Gasteiger charge is -2.34. The molecular formula is C18H26ClN3O4S. The lowest BCUT2D eigenvalue weighted by atomic mass is 10.1. The molecule has 9 heteroatoms. The predicted molar refractivity (Wildman–Crippen MR) is 105 cm³/mol. The van der Waals surface area contributed by atoms with Gasteiger partial charge in [-0.2, -0.15) is 4.31 Å². The van der Waals surface area contributed by atoms with Crippen LogP contribution in [0.25, 0.3) is 0 Å². The number of nitrogens with one attached hydrogen (secondary N) is 1. The smallest absolute Gasteiger partial charge is 0.238 e. The Kier molecular flexibility index (Phi) is 7.10. The molecule has 2 fully saturated rings. The van der Waals surface area contributed by atoms with Gasteiger partial charge in [0.1, 0.15) is 0 Å². The number of hydrogen-bond donors (Lipinski definition) is 1. The SMILES string of the molecule is O=C(CN1CCN(S(=O)(=O)CC2CCCCO2)CC1)Nc1ccccc1Cl. The van der Waals surface area contributed by atoms with E-state index in [0.29, 0.717) is 43.5 Å². The van der Waals surface area contributed by atoms with Gasteiger partial charge in [0, 0.05) is 32.8 Å². The van der Waals surface area contributed by atoms with Crippen LogP contribution in [0.5, 0.6) is 0 Å². The zero-order chi connectivity index (χ0) is 19.3. The van der Waals surface area contributed by atoms with E-state index in [2.05, 4.69) is 5.32 Å². The Morgan fingerprint density at radius 2 is 1.93 bits per heavy atom. The molecule has 0 aromatic heterocycles. The molecule has 0 radical (unpaired) electrons. The third-order valence-corrected chi connectivity index (χ3v) is 7.18. The molecule has 27 heavy (non-hydrogen) atoms. The summed E-state index contributed by atoms with van der Waals surface area (Å²) in [5, 5.41) is 3.28. The third-order valence-electron chi connectivity index (χ3n) is 4.91. The minimum atomic E-state index is -3.33. The Bertz CT molecular complexity index is 745. The van der Waals surface area contributed by atoms with Gasteiger partial charge < -0.3 is 10.1 Å². The molecule has 2 saturated heterocycles. The zero-order valence-corrected chi connectivity index (χ0v) is 16.8. The van der Waals surface area contributed by atoms with Crippen molar-refractivity contribution in [2.24, 2.45) is 0 Å². The maximum Gasteiger partial charge on any atom is 0.238 e. The summed E-state index contributed by atoms with van der Waals surface area (Å²) in [5.74, 6) is -0.102. The summed E-state index contributed by atoms with van der Waals surface area (Å²) in [6, 6.07) is 7.08. The lowest BCUT2D eigenvalue weighted by molar-refractivity contribution is -0.117. The first-order valence-corrected chi connectivity index (χ1v) is 11.3. The summed E-state index contributed by atoms with van der Waals surface area (Å²) in [4.78, 5) is 14.2. The fourth-order valence-electron chi connectivity index (χ4n) is 3.40. The largest absolute Gasteiger partial charge is 0.377 e. The fourth-order valence-corrected chi connectivity index (χ4v) is 5.25. The molecule has 2 aliphatic rings. The van der Waals surface area contributed by atoms with Crippen LogP contribution in [0.3, 0.4) is 0 Å². The molecule has 0 saturated carbocycles. The minimum Gasteiger partial charge on any atom is -0.377 e. The van der Waals surface area contributed by atoms with Gasteiger partial charge in [0.2, 0.25) is 15.9 Å². The van der Waals surface area contributed by atoms with Crippen LogP contribution in [0.2, 0.25) is 5.02 Å². The third kappa shape index (κ3) is 5.89. The van der Waals surface area contributed by atoms with Crippen molar-refractivity contribution < 1.29 is 17.9 Å². The summed E-state index contributed by atoms with van der Waals surface area (Å²) in [5.41, 5.74) is 0.581. The summed E-state index contributed by atoms with van der Waals surface area (Å²) in [6.07, 6.45) is 2.64. The molecule has 1 N–H and O–H groups in total. The van der Waals surface area contributed by atoms with Crippen molar-refractivity contribution in [3.05, 3.63) is 29.3 Å². The first-order valence-electron chi connectivity index (χ1n) is 9.30. The van der Waals surface area contributed by atoms with E-state index < -0.39 is 10.0 Å². The number of rotatable bonds is 6. The average molecular weight is 416 g/mol. The second-order valence-corrected chi connectivity index (χ2v) is 9.39. The summed E-state index contributed by atoms with van der Waals surface area (Å²) >= 11 is 6.05. The van der Waals surface area contributed by atoms with E-state index in [1.807, 2.05) is 4.90 Å². The van der Waals surface area contributed by atoms with Crippen molar-refractivity contribution in [1.29, 1.82) is 0 Å². The number of carbonyl (C=O) groups is 1. The van der Waals surface area contributed by atoms with E-state index in [1.54, 1.807) is 24.3 Å². The summed E-state index contributed by atoms with van der Waals surface area (Å²) in [7, 11) is -3.33. The number of anilines is 1. The zero-order valence-electron chi connectivity index (χ0n) is 15.3. The molecular weight excluding hydrogens is 390 g/mol. The number of para-hydroxylation sites is 1. The minimum absolute atomic E-state index is 0.0555. The second-order valence-electron chi connectivity index (χ2n) is 6.97. The molecule has 1 aromatic rings. The number of sulfonamides is 1. The number of nitrogens with zero attached hydrogens (tertiary/aromatic N) is 2. The monoisotopic (exact) mass is 415 g/mol. The van der Waals surface area contributed by atoms with Gasteiger partial charge in [-0.15, -0.1) is 0 Å². The lowest BCUT2D eigenvalue weighted by Crippen LogP contribution is -2.51. The molecule has 0 aliphatic carbocycles. The number of halogens is 1. The maximum atomic E-state index is 12.6. The number of carbonyl (C=O) groups excluding carboxylic acids is 1. The normalized spacial score (nSPS) is 22.5. The van der Waals surface area contributed by atoms with Gasteiger partial charge in [0.05, 0.1) is 29.1 Å². The predicted octanol–water partition coefficient (Wildman–Crippen LogP) is 1.80. The molecule has 0 spiro atoms. The number of benzene rings is 1. The van der Waals surface area contributed by atoms with Crippen molar-refractivity contribution in [2.45, 2.75) is 25.4 Å². The quantitative estimate of drug-likeness (QED) is 0.766. The van der Waals surface area contributed by atoms with Gasteiger partial charge in [0.15, 0.2) is 0 Å². The molecule has 1 atom stereocenters. The van der Waals surface area contributed by atoms with E-state index in [-0.39, 0.29) is 24.3 Å². The van der Waals surface area contributed by atoms with Gasteiger partial charge in [-0.1, -0.05) is 23.7 Å². The molecule has 1 aromatic carbocycles. The van der Waals surface area contributed by atoms with Crippen LogP contribution < -0.4 is 5.32 Å². The van der Waals surface area contributed by atoms with Gasteiger partial charge in [0.25, 0.3) is 0 Å². The van der Waals surface area contributed by atoms with Crippen molar-refractivity contribution in [1.82, 2.24) is 9.21 Å². The van der Waals surface area contributed by atoms with E-state index >= 15 is 0 Å². The Hall–Kier alpha value is -1.19. The van der Waals surface area contributed by atoms with Gasteiger partial charge in [-0.3, -0.25) is 9.69 Å². The molecule has 3 rings (SSSR count). The molecule has 1 unspecified atom stereocenters. The van der Waals surface area contributed by atoms with Crippen LogP contribution in [0.4, 0.5) is 5.69 Å². The summed E-state index contributed by atoms with van der Waals surface area (Å²) < 4.78 is 32.3. The van der Waals surface area contributed by atoms with E-state index in [1.165, 1.54) is 4.31 Å². The second kappa shape index (κ2) is 9.34. The van der Waals surface area contributed by atoms with Crippen molar-refractivity contribution >= 4 is 33.2 Å². The molecule has 0 bridgehead atoms. The number of ether oxygens (including phenoxy) is 1. The Balaban J connectivity index is 1.45. The molecule has 150 valence electrons. The van der Waals surface area contributed by atoms with Crippen LogP contribution in [-0.4, -0.2) is 74.7 Å². The Morgan fingerprint density at radius 3 is 2.59 bits per heavy atom. The molecule has 1 amide bonds. The van der Waals surface area contributed by atoms with E-state index in [0.717, 1.165) is 19.3 Å². The van der Waals surface area contributed by atoms with E-state index in [9.17, 15) is 13.2 Å². The molecule has 2 aliphatic heterocycles. The first kappa shape index (κ1) is 20.5. The number of hydrogen-bond acceptors (Lipinski definition) is 5. The van der Waals surface area contributed by atoms with Crippen LogP contribution in [-0.2, 0) is 19.6 Å². The van der Waals surface area contributed by atoms with Crippen LogP contribution in [0.15, 0.2) is 24.3 Å². The van der Waals surface area contributed by atoms with Crippen LogP contribution in [0.1, 0.15) is 19.3 Å². The highest BCUT2D eigenvalue weighted by Crippen LogP contribution is 2.20. The topological polar surface area (TPSA) is 79.0 Å². The highest BCUT2D eigenvalue weighted by Gasteiger charge is 2.31. The Morgan fingerprint density at radius 1 is 1.19 bits per heavy atom. The summed E-state index contributed by atoms with van der Waals surface area (Å²) in [6.45, 7) is 2.71. The maximum absolute atomic E-state index is 12.6. The Labute approximate surface area is 165 Å². The van der Waals surface area contributed by atoms with Gasteiger partial charge in [-0.25, -0.2) is 8.42 Å². The van der Waals surface area contributed by atoms with Crippen LogP contribution in [0, 0.1) is 0 Å².